The Morgan fingerprint density at radius 2 is 2.33 bits per heavy atom. The highest BCUT2D eigenvalue weighted by atomic mass is 16.5. The zero-order chi connectivity index (χ0) is 8.44. The maximum absolute atomic E-state index is 5.53. The van der Waals surface area contributed by atoms with Crippen LogP contribution in [0.4, 0.5) is 0 Å². The first-order valence-electron chi connectivity index (χ1n) is 4.19. The molecule has 0 unspecified atom stereocenters. The number of hydrogen-bond donors (Lipinski definition) is 1. The normalized spacial score (nSPS) is 20.4. The summed E-state index contributed by atoms with van der Waals surface area (Å²) in [5, 5.41) is 0. The van der Waals surface area contributed by atoms with Crippen LogP contribution in [0.2, 0.25) is 0 Å². The van der Waals surface area contributed by atoms with Crippen molar-refractivity contribution in [2.45, 2.75) is 11.8 Å². The third-order valence-electron chi connectivity index (χ3n) is 2.42. The summed E-state index contributed by atoms with van der Waals surface area (Å²) in [6, 6.07) is 3.91. The molecule has 1 saturated heterocycles. The molecule has 0 bridgehead atoms. The highest BCUT2D eigenvalue weighted by molar-refractivity contribution is 5.17. The summed E-state index contributed by atoms with van der Waals surface area (Å²) in [5.74, 6) is 1.01. The summed E-state index contributed by atoms with van der Waals surface area (Å²) in [6.45, 7) is 2.18. The van der Waals surface area contributed by atoms with E-state index in [9.17, 15) is 0 Å². The van der Waals surface area contributed by atoms with Crippen molar-refractivity contribution in [1.82, 2.24) is 0 Å². The molecule has 0 spiro atoms. The van der Waals surface area contributed by atoms with E-state index in [4.69, 9.17) is 14.9 Å². The molecule has 66 valence electrons. The topological polar surface area (TPSA) is 48.4 Å². The van der Waals surface area contributed by atoms with E-state index >= 15 is 0 Å². The Hall–Kier alpha value is -0.800. The number of furan rings is 1. The molecular weight excluding hydrogens is 154 g/mol. The van der Waals surface area contributed by atoms with Crippen LogP contribution in [-0.4, -0.2) is 19.8 Å². The second kappa shape index (κ2) is 2.92. The van der Waals surface area contributed by atoms with E-state index in [-0.39, 0.29) is 5.41 Å². The first-order valence-corrected chi connectivity index (χ1v) is 4.19. The van der Waals surface area contributed by atoms with Crippen molar-refractivity contribution in [3.63, 3.8) is 0 Å². The van der Waals surface area contributed by atoms with Crippen LogP contribution in [0.3, 0.4) is 0 Å². The highest BCUT2D eigenvalue weighted by Crippen LogP contribution is 2.35. The molecule has 1 aliphatic rings. The third-order valence-corrected chi connectivity index (χ3v) is 2.42. The van der Waals surface area contributed by atoms with Crippen molar-refractivity contribution in [3.8, 4) is 0 Å². The fraction of sp³-hybridized carbons (Fsp3) is 0.556. The molecule has 1 fully saturated rings. The molecule has 0 radical (unpaired) electrons. The van der Waals surface area contributed by atoms with Gasteiger partial charge in [-0.2, -0.15) is 0 Å². The Labute approximate surface area is 71.5 Å². The first kappa shape index (κ1) is 7.83. The average Bonchev–Trinajstić information content (AvgIpc) is 2.48. The van der Waals surface area contributed by atoms with Crippen LogP contribution in [0, 0.1) is 0 Å². The van der Waals surface area contributed by atoms with Gasteiger partial charge in [-0.3, -0.25) is 0 Å². The third kappa shape index (κ3) is 1.06. The molecule has 2 N–H and O–H groups in total. The van der Waals surface area contributed by atoms with Crippen molar-refractivity contribution in [3.05, 3.63) is 24.2 Å². The summed E-state index contributed by atoms with van der Waals surface area (Å²) in [4.78, 5) is 0. The maximum Gasteiger partial charge on any atom is 0.114 e. The van der Waals surface area contributed by atoms with Gasteiger partial charge in [0.05, 0.1) is 24.9 Å². The smallest absolute Gasteiger partial charge is 0.114 e. The van der Waals surface area contributed by atoms with Crippen molar-refractivity contribution in [1.29, 1.82) is 0 Å². The molecule has 2 rings (SSSR count). The summed E-state index contributed by atoms with van der Waals surface area (Å²) in [5.41, 5.74) is 5.61. The van der Waals surface area contributed by atoms with Gasteiger partial charge in [0.25, 0.3) is 0 Å². The van der Waals surface area contributed by atoms with Gasteiger partial charge in [0.15, 0.2) is 0 Å². The number of hydrogen-bond acceptors (Lipinski definition) is 3. The van der Waals surface area contributed by atoms with Gasteiger partial charge in [-0.1, -0.05) is 0 Å². The average molecular weight is 167 g/mol. The van der Waals surface area contributed by atoms with Crippen molar-refractivity contribution >= 4 is 0 Å². The van der Waals surface area contributed by atoms with Gasteiger partial charge < -0.3 is 14.9 Å². The molecule has 1 aliphatic heterocycles. The first-order chi connectivity index (χ1) is 5.87. The minimum Gasteiger partial charge on any atom is -0.469 e. The van der Waals surface area contributed by atoms with E-state index in [1.54, 1.807) is 6.26 Å². The summed E-state index contributed by atoms with van der Waals surface area (Å²) in [7, 11) is 0. The van der Waals surface area contributed by atoms with Gasteiger partial charge >= 0.3 is 0 Å². The molecule has 3 nitrogen and oxygen atoms in total. The van der Waals surface area contributed by atoms with Gasteiger partial charge in [0.1, 0.15) is 5.76 Å². The summed E-state index contributed by atoms with van der Waals surface area (Å²) >= 11 is 0. The van der Waals surface area contributed by atoms with Gasteiger partial charge in [-0.15, -0.1) is 0 Å². The SMILES string of the molecule is NCCC1(c2ccco2)COC1. The second-order valence-electron chi connectivity index (χ2n) is 3.29. The van der Waals surface area contributed by atoms with E-state index in [1.165, 1.54) is 0 Å². The molecule has 0 saturated carbocycles. The molecule has 0 aliphatic carbocycles. The Morgan fingerprint density at radius 1 is 1.50 bits per heavy atom. The van der Waals surface area contributed by atoms with Crippen LogP contribution >= 0.6 is 0 Å². The van der Waals surface area contributed by atoms with E-state index in [0.29, 0.717) is 6.54 Å². The van der Waals surface area contributed by atoms with Crippen LogP contribution in [0.15, 0.2) is 22.8 Å². The Balaban J connectivity index is 2.17. The predicted molar refractivity (Wildman–Crippen MR) is 44.9 cm³/mol. The predicted octanol–water partition coefficient (Wildman–Crippen LogP) is 0.896. The number of nitrogens with two attached hydrogens (primary N) is 1. The lowest BCUT2D eigenvalue weighted by molar-refractivity contribution is -0.0730. The van der Waals surface area contributed by atoms with Crippen LogP contribution in [0.25, 0.3) is 0 Å². The maximum atomic E-state index is 5.53. The lowest BCUT2D eigenvalue weighted by atomic mass is 9.80. The molecule has 2 heterocycles. The van der Waals surface area contributed by atoms with Gasteiger partial charge in [-0.25, -0.2) is 0 Å². The lowest BCUT2D eigenvalue weighted by Gasteiger charge is -2.39. The van der Waals surface area contributed by atoms with Gasteiger partial charge in [0, 0.05) is 0 Å². The Morgan fingerprint density at radius 3 is 2.75 bits per heavy atom. The van der Waals surface area contributed by atoms with Crippen LogP contribution in [0.1, 0.15) is 12.2 Å². The van der Waals surface area contributed by atoms with Crippen LogP contribution in [0.5, 0.6) is 0 Å². The van der Waals surface area contributed by atoms with E-state index in [2.05, 4.69) is 0 Å². The number of rotatable bonds is 3. The second-order valence-corrected chi connectivity index (χ2v) is 3.29. The minimum absolute atomic E-state index is 0.0816. The van der Waals surface area contributed by atoms with Crippen molar-refractivity contribution in [2.24, 2.45) is 5.73 Å². The fourth-order valence-corrected chi connectivity index (χ4v) is 1.61. The van der Waals surface area contributed by atoms with Gasteiger partial charge in [0.2, 0.25) is 0 Å². The molecule has 0 aromatic carbocycles. The molecular formula is C9H13NO2. The molecule has 12 heavy (non-hydrogen) atoms. The Bertz CT molecular complexity index is 239. The number of ether oxygens (including phenoxy) is 1. The summed E-state index contributed by atoms with van der Waals surface area (Å²) in [6.07, 6.45) is 2.65. The zero-order valence-electron chi connectivity index (χ0n) is 6.95. The molecule has 3 heteroatoms. The summed E-state index contributed by atoms with van der Waals surface area (Å²) < 4.78 is 10.6. The molecule has 0 amide bonds. The lowest BCUT2D eigenvalue weighted by Crippen LogP contribution is -2.47. The van der Waals surface area contributed by atoms with Crippen LogP contribution in [-0.2, 0) is 10.2 Å². The standard InChI is InChI=1S/C9H13NO2/c10-4-3-9(6-11-7-9)8-2-1-5-12-8/h1-2,5H,3-4,6-7,10H2. The zero-order valence-corrected chi connectivity index (χ0v) is 6.95. The monoisotopic (exact) mass is 167 g/mol. The van der Waals surface area contributed by atoms with Crippen molar-refractivity contribution < 1.29 is 9.15 Å². The molecule has 1 aromatic rings. The van der Waals surface area contributed by atoms with E-state index in [1.807, 2.05) is 12.1 Å². The largest absolute Gasteiger partial charge is 0.469 e. The van der Waals surface area contributed by atoms with Crippen LogP contribution < -0.4 is 5.73 Å². The fourth-order valence-electron chi connectivity index (χ4n) is 1.61. The van der Waals surface area contributed by atoms with E-state index < -0.39 is 0 Å². The van der Waals surface area contributed by atoms with Gasteiger partial charge in [-0.05, 0) is 25.1 Å². The minimum atomic E-state index is 0.0816. The van der Waals surface area contributed by atoms with Crippen molar-refractivity contribution in [2.75, 3.05) is 19.8 Å². The quantitative estimate of drug-likeness (QED) is 0.727. The Kier molecular flexibility index (Phi) is 1.90. The van der Waals surface area contributed by atoms with E-state index in [0.717, 1.165) is 25.4 Å². The molecule has 0 atom stereocenters. The highest BCUT2D eigenvalue weighted by Gasteiger charge is 2.41. The molecule has 1 aromatic heterocycles.